The van der Waals surface area contributed by atoms with Gasteiger partial charge in [0, 0.05) is 10.5 Å². The van der Waals surface area contributed by atoms with Crippen LogP contribution in [-0.4, -0.2) is 12.4 Å². The summed E-state index contributed by atoms with van der Waals surface area (Å²) in [5.41, 5.74) is 0.0634. The van der Waals surface area contributed by atoms with Crippen LogP contribution in [0.5, 0.6) is 5.75 Å². The van der Waals surface area contributed by atoms with Crippen molar-refractivity contribution in [1.29, 1.82) is 0 Å². The van der Waals surface area contributed by atoms with E-state index >= 15 is 0 Å². The summed E-state index contributed by atoms with van der Waals surface area (Å²) in [5.74, 6) is -0.449. The van der Waals surface area contributed by atoms with E-state index in [0.29, 0.717) is 16.8 Å². The van der Waals surface area contributed by atoms with Gasteiger partial charge >= 0.3 is 0 Å². The molecule has 0 radical (unpaired) electrons. The minimum Gasteiger partial charge on any atom is -0.494 e. The minimum atomic E-state index is -0.560. The third-order valence-electron chi connectivity index (χ3n) is 1.68. The SMILES string of the molecule is CCOc1cc(F)c(C(C)=O)c(Br)c1. The van der Waals surface area contributed by atoms with Gasteiger partial charge in [-0.15, -0.1) is 0 Å². The van der Waals surface area contributed by atoms with Crippen molar-refractivity contribution < 1.29 is 13.9 Å². The maximum Gasteiger partial charge on any atom is 0.163 e. The van der Waals surface area contributed by atoms with E-state index in [-0.39, 0.29) is 11.3 Å². The summed E-state index contributed by atoms with van der Waals surface area (Å²) in [7, 11) is 0. The van der Waals surface area contributed by atoms with E-state index in [4.69, 9.17) is 4.74 Å². The number of carbonyl (C=O) groups is 1. The van der Waals surface area contributed by atoms with Crippen molar-refractivity contribution in [2.75, 3.05) is 6.61 Å². The van der Waals surface area contributed by atoms with Gasteiger partial charge in [-0.2, -0.15) is 0 Å². The van der Waals surface area contributed by atoms with Gasteiger partial charge in [0.25, 0.3) is 0 Å². The zero-order chi connectivity index (χ0) is 10.7. The summed E-state index contributed by atoms with van der Waals surface area (Å²) in [4.78, 5) is 11.0. The van der Waals surface area contributed by atoms with Crippen LogP contribution >= 0.6 is 15.9 Å². The highest BCUT2D eigenvalue weighted by Gasteiger charge is 2.13. The maximum atomic E-state index is 13.4. The standard InChI is InChI=1S/C10H10BrFO2/c1-3-14-7-4-8(11)10(6(2)13)9(12)5-7/h4-5H,3H2,1-2H3. The molecule has 0 unspecified atom stereocenters. The molecule has 0 amide bonds. The second-order valence-electron chi connectivity index (χ2n) is 2.75. The predicted molar refractivity (Wildman–Crippen MR) is 55.3 cm³/mol. The molecule has 76 valence electrons. The Morgan fingerprint density at radius 1 is 1.57 bits per heavy atom. The van der Waals surface area contributed by atoms with E-state index in [1.54, 1.807) is 6.07 Å². The van der Waals surface area contributed by atoms with Gasteiger partial charge in [0.1, 0.15) is 11.6 Å². The zero-order valence-electron chi connectivity index (χ0n) is 7.93. The Labute approximate surface area is 90.2 Å². The summed E-state index contributed by atoms with van der Waals surface area (Å²) in [6, 6.07) is 2.80. The quantitative estimate of drug-likeness (QED) is 0.781. The van der Waals surface area contributed by atoms with Gasteiger partial charge in [-0.1, -0.05) is 0 Å². The fourth-order valence-corrected chi connectivity index (χ4v) is 1.83. The van der Waals surface area contributed by atoms with Crippen molar-refractivity contribution in [3.63, 3.8) is 0 Å². The second-order valence-corrected chi connectivity index (χ2v) is 3.61. The molecular weight excluding hydrogens is 251 g/mol. The topological polar surface area (TPSA) is 26.3 Å². The van der Waals surface area contributed by atoms with Gasteiger partial charge in [-0.3, -0.25) is 4.79 Å². The van der Waals surface area contributed by atoms with Crippen molar-refractivity contribution in [3.8, 4) is 5.75 Å². The Kier molecular flexibility index (Phi) is 3.63. The molecule has 1 aromatic carbocycles. The molecule has 0 N–H and O–H groups in total. The summed E-state index contributed by atoms with van der Waals surface area (Å²) < 4.78 is 18.9. The molecule has 1 rings (SSSR count). The van der Waals surface area contributed by atoms with Gasteiger partial charge in [0.05, 0.1) is 12.2 Å². The number of halogens is 2. The first kappa shape index (κ1) is 11.2. The Hall–Kier alpha value is -0.900. The molecule has 4 heteroatoms. The number of benzene rings is 1. The molecule has 0 aliphatic carbocycles. The van der Waals surface area contributed by atoms with Gasteiger partial charge in [-0.05, 0) is 35.8 Å². The van der Waals surface area contributed by atoms with Gasteiger partial charge < -0.3 is 4.74 Å². The number of Topliss-reactive ketones (excluding diaryl/α,β-unsaturated/α-hetero) is 1. The lowest BCUT2D eigenvalue weighted by Gasteiger charge is -2.07. The zero-order valence-corrected chi connectivity index (χ0v) is 9.52. The Bertz CT molecular complexity index is 340. The Morgan fingerprint density at radius 3 is 2.64 bits per heavy atom. The van der Waals surface area contributed by atoms with Crippen LogP contribution in [0.25, 0.3) is 0 Å². The monoisotopic (exact) mass is 260 g/mol. The molecule has 0 bridgehead atoms. The molecule has 0 spiro atoms. The van der Waals surface area contributed by atoms with Crippen molar-refractivity contribution in [3.05, 3.63) is 28.0 Å². The van der Waals surface area contributed by atoms with Crippen LogP contribution < -0.4 is 4.74 Å². The average Bonchev–Trinajstić information content (AvgIpc) is 2.01. The molecule has 0 atom stereocenters. The van der Waals surface area contributed by atoms with Crippen molar-refractivity contribution in [1.82, 2.24) is 0 Å². The predicted octanol–water partition coefficient (Wildman–Crippen LogP) is 3.19. The third kappa shape index (κ3) is 2.32. The fourth-order valence-electron chi connectivity index (χ4n) is 1.14. The van der Waals surface area contributed by atoms with E-state index in [1.807, 2.05) is 6.92 Å². The number of hydrogen-bond acceptors (Lipinski definition) is 2. The van der Waals surface area contributed by atoms with Crippen molar-refractivity contribution >= 4 is 21.7 Å². The average molecular weight is 261 g/mol. The molecule has 14 heavy (non-hydrogen) atoms. The highest BCUT2D eigenvalue weighted by molar-refractivity contribution is 9.10. The Morgan fingerprint density at radius 2 is 2.21 bits per heavy atom. The largest absolute Gasteiger partial charge is 0.494 e. The molecule has 2 nitrogen and oxygen atoms in total. The van der Waals surface area contributed by atoms with Gasteiger partial charge in [0.15, 0.2) is 5.78 Å². The molecule has 0 heterocycles. The molecule has 0 saturated heterocycles. The van der Waals surface area contributed by atoms with Crippen LogP contribution in [0.15, 0.2) is 16.6 Å². The summed E-state index contributed by atoms with van der Waals surface area (Å²) >= 11 is 3.13. The van der Waals surface area contributed by atoms with Crippen LogP contribution in [-0.2, 0) is 0 Å². The molecule has 0 aromatic heterocycles. The minimum absolute atomic E-state index is 0.0634. The summed E-state index contributed by atoms with van der Waals surface area (Å²) in [5, 5.41) is 0. The smallest absolute Gasteiger partial charge is 0.163 e. The highest BCUT2D eigenvalue weighted by atomic mass is 79.9. The molecule has 0 aliphatic rings. The van der Waals surface area contributed by atoms with Crippen molar-refractivity contribution in [2.45, 2.75) is 13.8 Å². The summed E-state index contributed by atoms with van der Waals surface area (Å²) in [6.45, 7) is 3.60. The third-order valence-corrected chi connectivity index (χ3v) is 2.30. The van der Waals surface area contributed by atoms with E-state index in [1.165, 1.54) is 13.0 Å². The van der Waals surface area contributed by atoms with Gasteiger partial charge in [-0.25, -0.2) is 4.39 Å². The Balaban J connectivity index is 3.18. The lowest BCUT2D eigenvalue weighted by atomic mass is 10.1. The van der Waals surface area contributed by atoms with Crippen LogP contribution in [0.1, 0.15) is 24.2 Å². The van der Waals surface area contributed by atoms with Gasteiger partial charge in [0.2, 0.25) is 0 Å². The van der Waals surface area contributed by atoms with E-state index in [9.17, 15) is 9.18 Å². The van der Waals surface area contributed by atoms with Crippen LogP contribution in [0.4, 0.5) is 4.39 Å². The molecule has 0 aliphatic heterocycles. The lowest BCUT2D eigenvalue weighted by molar-refractivity contribution is 0.101. The first-order valence-corrected chi connectivity index (χ1v) is 4.98. The number of ketones is 1. The first-order valence-electron chi connectivity index (χ1n) is 4.19. The fraction of sp³-hybridized carbons (Fsp3) is 0.300. The summed E-state index contributed by atoms with van der Waals surface area (Å²) in [6.07, 6.45) is 0. The molecule has 1 aromatic rings. The van der Waals surface area contributed by atoms with Crippen LogP contribution in [0, 0.1) is 5.82 Å². The normalized spacial score (nSPS) is 10.0. The number of ether oxygens (including phenoxy) is 1. The van der Waals surface area contributed by atoms with E-state index < -0.39 is 5.82 Å². The number of rotatable bonds is 3. The second kappa shape index (κ2) is 4.55. The molecular formula is C10H10BrFO2. The van der Waals surface area contributed by atoms with Crippen LogP contribution in [0.2, 0.25) is 0 Å². The van der Waals surface area contributed by atoms with E-state index in [0.717, 1.165) is 0 Å². The maximum absolute atomic E-state index is 13.4. The molecule has 0 fully saturated rings. The van der Waals surface area contributed by atoms with E-state index in [2.05, 4.69) is 15.9 Å². The highest BCUT2D eigenvalue weighted by Crippen LogP contribution is 2.26. The number of hydrogen-bond donors (Lipinski definition) is 0. The molecule has 0 saturated carbocycles. The first-order chi connectivity index (χ1) is 6.56. The lowest BCUT2D eigenvalue weighted by Crippen LogP contribution is -2.00. The van der Waals surface area contributed by atoms with Crippen molar-refractivity contribution in [2.24, 2.45) is 0 Å². The van der Waals surface area contributed by atoms with Crippen LogP contribution in [0.3, 0.4) is 0 Å². The number of carbonyl (C=O) groups excluding carboxylic acids is 1.